The molecule has 0 bridgehead atoms. The predicted molar refractivity (Wildman–Crippen MR) is 18.6 cm³/mol. The van der Waals surface area contributed by atoms with Gasteiger partial charge in [0.15, 0.2) is 4.24 Å². The molecule has 0 unspecified atom stereocenters. The molecule has 0 aromatic rings. The molecule has 30 valence electrons. The summed E-state index contributed by atoms with van der Waals surface area (Å²) in [5.74, 6) is 0. The van der Waals surface area contributed by atoms with E-state index in [0.29, 0.717) is 0 Å². The average molecular weight is 80.1 g/mol. The monoisotopic (exact) mass is 80.1 g/mol. The van der Waals surface area contributed by atoms with Crippen LogP contribution in [0, 0.1) is 0 Å². The lowest BCUT2D eigenvalue weighted by Crippen LogP contribution is -2.24. The Morgan fingerprint density at radius 2 is 3.60 bits per heavy atom. The molecule has 0 aliphatic rings. The standard InChI is InChI=1S/C2H6N2O/c1-4-2(3)5/h1H3,(H3,3,4,5)/i1D3/hD3. The molecular weight excluding hydrogens is 68.0 g/mol. The Labute approximate surface area is 38.8 Å². The van der Waals surface area contributed by atoms with Crippen molar-refractivity contribution in [3.63, 3.8) is 0 Å². The maximum absolute atomic E-state index is 10.4. The highest BCUT2D eigenvalue weighted by Crippen LogP contribution is 1.38. The molecule has 0 aliphatic heterocycles. The van der Waals surface area contributed by atoms with Crippen LogP contribution in [0.15, 0.2) is 0 Å². The Hall–Kier alpha value is -0.730. The van der Waals surface area contributed by atoms with Gasteiger partial charge in [-0.3, -0.25) is 0 Å². The second-order valence-electron chi connectivity index (χ2n) is 0.394. The number of hydrogen-bond donors (Lipinski definition) is 2. The summed E-state index contributed by atoms with van der Waals surface area (Å²) in [6, 6.07) is -1.52. The van der Waals surface area contributed by atoms with Crippen LogP contribution in [0.4, 0.5) is 4.79 Å². The van der Waals surface area contributed by atoms with E-state index in [1.54, 1.807) is 0 Å². The fourth-order valence-corrected chi connectivity index (χ4v) is 0. The highest BCUT2D eigenvalue weighted by atomic mass is 16.2. The van der Waals surface area contributed by atoms with Gasteiger partial charge in [-0.2, -0.15) is 0 Å². The first-order valence-electron chi connectivity index (χ1n) is 3.72. The first-order valence-corrected chi connectivity index (χ1v) is 0.875. The number of hydrogen-bond acceptors (Lipinski definition) is 1. The maximum atomic E-state index is 10.4. The predicted octanol–water partition coefficient (Wildman–Crippen LogP) is -0.716. The highest BCUT2D eigenvalue weighted by molar-refractivity contribution is 5.71. The average Bonchev–Trinajstić information content (AvgIpc) is 1.82. The van der Waals surface area contributed by atoms with Crippen LogP contribution in [0.25, 0.3) is 0 Å². The van der Waals surface area contributed by atoms with Crippen LogP contribution < -0.4 is 11.0 Å². The summed E-state index contributed by atoms with van der Waals surface area (Å²) < 4.78 is 38.8. The molecular formula is C2H6N2O. The molecule has 0 aliphatic carbocycles. The van der Waals surface area contributed by atoms with Crippen molar-refractivity contribution in [3.8, 4) is 0 Å². The van der Waals surface area contributed by atoms with E-state index in [-0.39, 0.29) is 0 Å². The third-order valence-corrected chi connectivity index (χ3v) is 0.0956. The molecule has 0 heterocycles. The van der Waals surface area contributed by atoms with Crippen LogP contribution >= 0.6 is 0 Å². The molecule has 0 fully saturated rings. The molecule has 5 heavy (non-hydrogen) atoms. The summed E-state index contributed by atoms with van der Waals surface area (Å²) in [5.41, 5.74) is -0.473. The molecule has 3 N–H and O–H groups in total. The van der Waals surface area contributed by atoms with E-state index in [0.717, 1.165) is 0 Å². The van der Waals surface area contributed by atoms with Gasteiger partial charge >= 0.3 is 6.03 Å². The largest absolute Gasteiger partial charge is 0.352 e. The fraction of sp³-hybridized carbons (Fsp3) is 0.500. The van der Waals surface area contributed by atoms with E-state index in [4.69, 9.17) is 8.35 Å². The first-order chi connectivity index (χ1) is 4.76. The van der Waals surface area contributed by atoms with Crippen LogP contribution in [0.2, 0.25) is 4.24 Å². The number of carbonyl (C=O) groups excluding carboxylic acids is 1. The van der Waals surface area contributed by atoms with Crippen LogP contribution in [0.3, 0.4) is 0 Å². The third kappa shape index (κ3) is 3.27. The second kappa shape index (κ2) is 1.58. The van der Waals surface area contributed by atoms with Gasteiger partial charge in [-0.05, 0) is 0 Å². The first kappa shape index (κ1) is 0.531. The molecule has 3 nitrogen and oxygen atoms in total. The van der Waals surface area contributed by atoms with Gasteiger partial charge in [0.2, 0.25) is 0 Å². The van der Waals surface area contributed by atoms with Crippen molar-refractivity contribution in [2.75, 3.05) is 6.98 Å². The molecule has 0 atom stereocenters. The van der Waals surface area contributed by atoms with Crippen molar-refractivity contribution in [1.29, 1.82) is 0 Å². The topological polar surface area (TPSA) is 55.1 Å². The Morgan fingerprint density at radius 3 is 3.80 bits per heavy atom. The summed E-state index contributed by atoms with van der Waals surface area (Å²) in [5, 5.41) is -0.410. The lowest BCUT2D eigenvalue weighted by atomic mass is 11.1. The lowest BCUT2D eigenvalue weighted by molar-refractivity contribution is 0.251. The number of urea groups is 1. The summed E-state index contributed by atoms with van der Waals surface area (Å²) in [6.07, 6.45) is 0. The van der Waals surface area contributed by atoms with E-state index in [2.05, 4.69) is 0 Å². The number of primary amides is 1. The van der Waals surface area contributed by atoms with Gasteiger partial charge in [0, 0.05) is 11.1 Å². The Bertz CT molecular complexity index is 153. The van der Waals surface area contributed by atoms with E-state index in [9.17, 15) is 4.79 Å². The van der Waals surface area contributed by atoms with Crippen LogP contribution in [0.5, 0.6) is 0 Å². The molecule has 0 spiro atoms. The number of amides is 2. The number of carbonyl (C=O) groups is 1. The molecule has 3 heteroatoms. The summed E-state index contributed by atoms with van der Waals surface area (Å²) in [7, 11) is 0. The summed E-state index contributed by atoms with van der Waals surface area (Å²) >= 11 is 0. The van der Waals surface area contributed by atoms with Crippen molar-refractivity contribution in [2.24, 2.45) is 5.72 Å². The van der Waals surface area contributed by atoms with Crippen molar-refractivity contribution in [3.05, 3.63) is 0 Å². The highest BCUT2D eigenvalue weighted by Gasteiger charge is 1.72. The van der Waals surface area contributed by atoms with Gasteiger partial charge in [0.1, 0.15) is 0 Å². The van der Waals surface area contributed by atoms with E-state index in [1.807, 2.05) is 0 Å². The van der Waals surface area contributed by atoms with Crippen molar-refractivity contribution in [2.45, 2.75) is 0 Å². The zero-order chi connectivity index (χ0) is 9.23. The second-order valence-corrected chi connectivity index (χ2v) is 0.394. The summed E-state index contributed by atoms with van der Waals surface area (Å²) in [4.78, 5) is 10.4. The van der Waals surface area contributed by atoms with Gasteiger partial charge < -0.3 is 11.0 Å². The van der Waals surface area contributed by atoms with Gasteiger partial charge in [-0.1, -0.05) is 0 Å². The van der Waals surface area contributed by atoms with E-state index in [1.165, 1.54) is 0 Å². The van der Waals surface area contributed by atoms with Crippen molar-refractivity contribution in [1.82, 2.24) is 5.31 Å². The van der Waals surface area contributed by atoms with E-state index >= 15 is 0 Å². The Balaban J connectivity index is 4.26. The lowest BCUT2D eigenvalue weighted by Gasteiger charge is -1.80. The number of rotatable bonds is 0. The van der Waals surface area contributed by atoms with Crippen molar-refractivity contribution < 1.29 is 13.1 Å². The maximum Gasteiger partial charge on any atom is 0.311 e. The van der Waals surface area contributed by atoms with Crippen LogP contribution in [0.1, 0.15) is 4.11 Å². The minimum absolute atomic E-state index is 0.410. The minimum Gasteiger partial charge on any atom is -0.352 e. The van der Waals surface area contributed by atoms with Crippen LogP contribution in [-0.2, 0) is 0 Å². The normalized spacial score (nSPS) is 25.6. The molecule has 0 saturated carbocycles. The van der Waals surface area contributed by atoms with Crippen molar-refractivity contribution >= 4 is 6.03 Å². The Morgan fingerprint density at radius 1 is 2.80 bits per heavy atom. The quantitative estimate of drug-likeness (QED) is 0.396. The number of nitrogens with one attached hydrogen (secondary N) is 1. The molecule has 0 aromatic heterocycles. The zero-order valence-electron chi connectivity index (χ0n) is 8.30. The third-order valence-electron chi connectivity index (χ3n) is 0.0956. The Kier molecular flexibility index (Phi) is 0.167. The molecule has 2 amide bonds. The van der Waals surface area contributed by atoms with Gasteiger partial charge in [-0.25, -0.2) is 4.79 Å². The fourth-order valence-electron chi connectivity index (χ4n) is 0. The van der Waals surface area contributed by atoms with E-state index < -0.39 is 24.0 Å². The summed E-state index contributed by atoms with van der Waals surface area (Å²) in [6.45, 7) is -2.92. The smallest absolute Gasteiger partial charge is 0.311 e. The van der Waals surface area contributed by atoms with Gasteiger partial charge in [0.25, 0.3) is 0 Å². The molecule has 0 aromatic carbocycles. The number of nitrogens with two attached hydrogens (primary N) is 1. The SMILES string of the molecule is [2H]N([2H])C(=O)N([2H])C([2H])([2H])[2H]. The zero-order valence-corrected chi connectivity index (χ0v) is 2.30. The molecule has 0 saturated heterocycles. The molecule has 0 rings (SSSR count). The molecule has 0 radical (unpaired) electrons. The van der Waals surface area contributed by atoms with Crippen LogP contribution in [-0.4, -0.2) is 13.0 Å². The minimum atomic E-state index is -2.92. The van der Waals surface area contributed by atoms with Gasteiger partial charge in [-0.15, -0.1) is 0 Å². The van der Waals surface area contributed by atoms with Gasteiger partial charge in [0.05, 0.1) is 0 Å².